The number of sulfone groups is 1. The fraction of sp³-hybridized carbons (Fsp3) is 0.250. The van der Waals surface area contributed by atoms with Gasteiger partial charge in [-0.05, 0) is 29.8 Å². The Morgan fingerprint density at radius 1 is 0.875 bits per heavy atom. The van der Waals surface area contributed by atoms with E-state index < -0.39 is 19.9 Å². The number of benzene rings is 2. The third kappa shape index (κ3) is 4.41. The zero-order valence-electron chi connectivity index (χ0n) is 13.3. The van der Waals surface area contributed by atoms with E-state index in [0.29, 0.717) is 0 Å². The van der Waals surface area contributed by atoms with E-state index in [1.165, 1.54) is 28.6 Å². The summed E-state index contributed by atoms with van der Waals surface area (Å²) in [6.45, 7) is 0.562. The van der Waals surface area contributed by atoms with Gasteiger partial charge in [0.2, 0.25) is 10.0 Å². The number of nitrogens with zero attached hydrogens (tertiary/aromatic N) is 1. The van der Waals surface area contributed by atoms with Gasteiger partial charge in [0.1, 0.15) is 0 Å². The van der Waals surface area contributed by atoms with E-state index in [9.17, 15) is 16.8 Å². The van der Waals surface area contributed by atoms with Gasteiger partial charge < -0.3 is 5.73 Å². The molecule has 0 aliphatic heterocycles. The summed E-state index contributed by atoms with van der Waals surface area (Å²) in [6.07, 6.45) is 1.08. The number of hydrogen-bond acceptors (Lipinski definition) is 5. The van der Waals surface area contributed by atoms with Crippen LogP contribution in [0.4, 0.5) is 0 Å². The number of sulfonamides is 1. The Balaban J connectivity index is 2.34. The Labute approximate surface area is 142 Å². The SMILES string of the molecule is CS(=O)(=O)c1ccc(S(=O)(=O)N(CCN)Cc2ccccc2)cc1. The van der Waals surface area contributed by atoms with Gasteiger partial charge in [-0.15, -0.1) is 0 Å². The summed E-state index contributed by atoms with van der Waals surface area (Å²) in [6, 6.07) is 14.4. The molecule has 2 aromatic rings. The Morgan fingerprint density at radius 3 is 1.92 bits per heavy atom. The highest BCUT2D eigenvalue weighted by Gasteiger charge is 2.24. The van der Waals surface area contributed by atoms with Crippen LogP contribution in [0.25, 0.3) is 0 Å². The van der Waals surface area contributed by atoms with E-state index in [1.54, 1.807) is 0 Å². The highest BCUT2D eigenvalue weighted by molar-refractivity contribution is 7.90. The maximum atomic E-state index is 12.8. The van der Waals surface area contributed by atoms with Gasteiger partial charge in [0.15, 0.2) is 9.84 Å². The van der Waals surface area contributed by atoms with Gasteiger partial charge in [0.25, 0.3) is 0 Å². The topological polar surface area (TPSA) is 97.5 Å². The second-order valence-corrected chi connectivity index (χ2v) is 9.31. The maximum absolute atomic E-state index is 12.8. The van der Waals surface area contributed by atoms with Crippen molar-refractivity contribution in [1.82, 2.24) is 4.31 Å². The summed E-state index contributed by atoms with van der Waals surface area (Å²) < 4.78 is 49.9. The largest absolute Gasteiger partial charge is 0.329 e. The molecule has 0 heterocycles. The maximum Gasteiger partial charge on any atom is 0.243 e. The second-order valence-electron chi connectivity index (χ2n) is 5.36. The van der Waals surface area contributed by atoms with Gasteiger partial charge in [0.05, 0.1) is 9.79 Å². The molecule has 0 aliphatic carbocycles. The highest BCUT2D eigenvalue weighted by Crippen LogP contribution is 2.20. The van der Waals surface area contributed by atoms with E-state index in [4.69, 9.17) is 5.73 Å². The lowest BCUT2D eigenvalue weighted by atomic mass is 10.2. The molecular weight excluding hydrogens is 348 g/mol. The molecule has 0 fully saturated rings. The molecule has 0 atom stereocenters. The summed E-state index contributed by atoms with van der Waals surface area (Å²) >= 11 is 0. The van der Waals surface area contributed by atoms with Gasteiger partial charge in [-0.3, -0.25) is 0 Å². The van der Waals surface area contributed by atoms with Crippen LogP contribution in [0.5, 0.6) is 0 Å². The lowest BCUT2D eigenvalue weighted by molar-refractivity contribution is 0.414. The first-order chi connectivity index (χ1) is 11.2. The zero-order valence-corrected chi connectivity index (χ0v) is 14.9. The molecule has 0 bridgehead atoms. The van der Waals surface area contributed by atoms with Crippen LogP contribution in [-0.2, 0) is 26.4 Å². The van der Waals surface area contributed by atoms with Crippen LogP contribution < -0.4 is 5.73 Å². The average Bonchev–Trinajstić information content (AvgIpc) is 2.55. The fourth-order valence-electron chi connectivity index (χ4n) is 2.22. The van der Waals surface area contributed by atoms with E-state index in [0.717, 1.165) is 11.8 Å². The van der Waals surface area contributed by atoms with Crippen LogP contribution in [0.3, 0.4) is 0 Å². The van der Waals surface area contributed by atoms with Crippen molar-refractivity contribution in [1.29, 1.82) is 0 Å². The van der Waals surface area contributed by atoms with Crippen molar-refractivity contribution in [2.24, 2.45) is 5.73 Å². The molecule has 2 aromatic carbocycles. The normalized spacial score (nSPS) is 12.5. The molecule has 2 N–H and O–H groups in total. The summed E-state index contributed by atoms with van der Waals surface area (Å²) in [7, 11) is -7.14. The Kier molecular flexibility index (Phi) is 5.76. The lowest BCUT2D eigenvalue weighted by Gasteiger charge is -2.21. The number of hydrogen-bond donors (Lipinski definition) is 1. The molecule has 0 aromatic heterocycles. The van der Waals surface area contributed by atoms with Crippen LogP contribution in [0.2, 0.25) is 0 Å². The van der Waals surface area contributed by atoms with Gasteiger partial charge >= 0.3 is 0 Å². The van der Waals surface area contributed by atoms with Crippen molar-refractivity contribution in [3.8, 4) is 0 Å². The Morgan fingerprint density at radius 2 is 1.42 bits per heavy atom. The van der Waals surface area contributed by atoms with E-state index in [2.05, 4.69) is 0 Å². The molecule has 8 heteroatoms. The van der Waals surface area contributed by atoms with Crippen molar-refractivity contribution >= 4 is 19.9 Å². The van der Waals surface area contributed by atoms with Gasteiger partial charge in [0, 0.05) is 25.9 Å². The van der Waals surface area contributed by atoms with Crippen molar-refractivity contribution in [3.63, 3.8) is 0 Å². The third-order valence-corrected chi connectivity index (χ3v) is 6.46. The minimum Gasteiger partial charge on any atom is -0.329 e. The molecule has 0 radical (unpaired) electrons. The lowest BCUT2D eigenvalue weighted by Crippen LogP contribution is -2.34. The molecule has 6 nitrogen and oxygen atoms in total. The van der Waals surface area contributed by atoms with Crippen LogP contribution in [0, 0.1) is 0 Å². The zero-order chi connectivity index (χ0) is 17.8. The molecule has 0 saturated heterocycles. The van der Waals surface area contributed by atoms with Crippen LogP contribution in [0.15, 0.2) is 64.4 Å². The molecular formula is C16H20N2O4S2. The fourth-order valence-corrected chi connectivity index (χ4v) is 4.30. The van der Waals surface area contributed by atoms with Gasteiger partial charge in [-0.25, -0.2) is 16.8 Å². The van der Waals surface area contributed by atoms with E-state index in [1.807, 2.05) is 30.3 Å². The average molecular weight is 368 g/mol. The molecule has 0 saturated carbocycles. The molecule has 0 amide bonds. The summed E-state index contributed by atoms with van der Waals surface area (Å²) in [4.78, 5) is 0.120. The minimum atomic E-state index is -3.77. The Hall–Kier alpha value is -1.74. The first-order valence-corrected chi connectivity index (χ1v) is 10.6. The predicted octanol–water partition coefficient (Wildman–Crippen LogP) is 1.24. The second kappa shape index (κ2) is 7.43. The molecule has 2 rings (SSSR count). The number of rotatable bonds is 7. The molecule has 0 aliphatic rings. The van der Waals surface area contributed by atoms with Crippen molar-refractivity contribution in [2.75, 3.05) is 19.3 Å². The summed E-state index contributed by atoms with van der Waals surface area (Å²) in [5, 5.41) is 0. The van der Waals surface area contributed by atoms with E-state index in [-0.39, 0.29) is 29.4 Å². The van der Waals surface area contributed by atoms with Crippen molar-refractivity contribution in [3.05, 3.63) is 60.2 Å². The monoisotopic (exact) mass is 368 g/mol. The first-order valence-electron chi connectivity index (χ1n) is 7.29. The first kappa shape index (κ1) is 18.6. The van der Waals surface area contributed by atoms with Gasteiger partial charge in [-0.1, -0.05) is 30.3 Å². The molecule has 0 unspecified atom stereocenters. The predicted molar refractivity (Wildman–Crippen MR) is 92.6 cm³/mol. The van der Waals surface area contributed by atoms with E-state index >= 15 is 0 Å². The molecule has 0 spiro atoms. The number of nitrogens with two attached hydrogens (primary N) is 1. The van der Waals surface area contributed by atoms with Crippen molar-refractivity contribution < 1.29 is 16.8 Å². The van der Waals surface area contributed by atoms with Crippen molar-refractivity contribution in [2.45, 2.75) is 16.3 Å². The summed E-state index contributed by atoms with van der Waals surface area (Å²) in [5.41, 5.74) is 6.40. The van der Waals surface area contributed by atoms with Crippen LogP contribution >= 0.6 is 0 Å². The smallest absolute Gasteiger partial charge is 0.243 e. The Bertz CT molecular complexity index is 877. The third-order valence-electron chi connectivity index (χ3n) is 3.47. The highest BCUT2D eigenvalue weighted by atomic mass is 32.2. The quantitative estimate of drug-likeness (QED) is 0.793. The van der Waals surface area contributed by atoms with Crippen LogP contribution in [0.1, 0.15) is 5.56 Å². The van der Waals surface area contributed by atoms with Gasteiger partial charge in [-0.2, -0.15) is 4.31 Å². The molecule has 130 valence electrons. The molecule has 24 heavy (non-hydrogen) atoms. The van der Waals surface area contributed by atoms with Crippen LogP contribution in [-0.4, -0.2) is 40.5 Å². The standard InChI is InChI=1S/C16H20N2O4S2/c1-23(19,20)15-7-9-16(10-8-15)24(21,22)18(12-11-17)13-14-5-3-2-4-6-14/h2-10H,11-13,17H2,1H3. The summed E-state index contributed by atoms with van der Waals surface area (Å²) in [5.74, 6) is 0. The minimum absolute atomic E-state index is 0.0410.